The van der Waals surface area contributed by atoms with Crippen molar-refractivity contribution in [3.8, 4) is 67.5 Å². The third-order valence-corrected chi connectivity index (χ3v) is 7.67. The molecule has 40 heavy (non-hydrogen) atoms. The Kier molecular flexibility index (Phi) is 5.14. The maximum Gasteiger partial charge on any atom is 0.164 e. The van der Waals surface area contributed by atoms with Crippen LogP contribution < -0.4 is 0 Å². The van der Waals surface area contributed by atoms with Crippen LogP contribution in [0, 0.1) is 0 Å². The molecule has 8 rings (SSSR count). The third kappa shape index (κ3) is 3.56. The standard InChI is InChI=1S/C37H23N3/c1-4-12-24(13-5-1)28-19-11-21-30-33(28)29-20-10-18-25-22-23-31(34(30)32(25)29)37-39-35(26-14-6-2-7-15-26)38-36(40-37)27-16-8-3-9-17-27/h1-23H. The van der Waals surface area contributed by atoms with Crippen LogP contribution in [0.4, 0.5) is 0 Å². The molecule has 0 aliphatic heterocycles. The van der Waals surface area contributed by atoms with Crippen molar-refractivity contribution < 1.29 is 0 Å². The van der Waals surface area contributed by atoms with Crippen LogP contribution in [0.15, 0.2) is 140 Å². The lowest BCUT2D eigenvalue weighted by molar-refractivity contribution is 1.07. The summed E-state index contributed by atoms with van der Waals surface area (Å²) in [5.41, 5.74) is 10.3. The van der Waals surface area contributed by atoms with Crippen molar-refractivity contribution in [1.82, 2.24) is 15.0 Å². The molecule has 0 atom stereocenters. The van der Waals surface area contributed by atoms with Crippen molar-refractivity contribution in [2.75, 3.05) is 0 Å². The summed E-state index contributed by atoms with van der Waals surface area (Å²) in [5, 5.41) is 2.47. The first-order valence-corrected chi connectivity index (χ1v) is 13.5. The maximum atomic E-state index is 5.07. The van der Waals surface area contributed by atoms with Gasteiger partial charge in [-0.25, -0.2) is 15.0 Å². The van der Waals surface area contributed by atoms with Gasteiger partial charge < -0.3 is 0 Å². The van der Waals surface area contributed by atoms with Gasteiger partial charge in [0.2, 0.25) is 0 Å². The predicted octanol–water partition coefficient (Wildman–Crippen LogP) is 9.34. The topological polar surface area (TPSA) is 38.7 Å². The van der Waals surface area contributed by atoms with Crippen LogP contribution in [0.25, 0.3) is 78.3 Å². The largest absolute Gasteiger partial charge is 0.208 e. The average molecular weight is 510 g/mol. The van der Waals surface area contributed by atoms with Gasteiger partial charge in [-0.2, -0.15) is 0 Å². The normalized spacial score (nSPS) is 11.5. The highest BCUT2D eigenvalue weighted by Crippen LogP contribution is 2.53. The van der Waals surface area contributed by atoms with Gasteiger partial charge in [0.15, 0.2) is 17.5 Å². The molecule has 3 heteroatoms. The molecular weight excluding hydrogens is 486 g/mol. The van der Waals surface area contributed by atoms with E-state index in [2.05, 4.69) is 78.9 Å². The molecule has 1 aromatic heterocycles. The number of hydrogen-bond acceptors (Lipinski definition) is 3. The first-order valence-electron chi connectivity index (χ1n) is 13.5. The SMILES string of the molecule is c1ccc(-c2nc(-c3ccccc3)nc(-c3ccc4cccc5c4c3-c3cccc(-c4ccccc4)c3-5)n2)cc1. The van der Waals surface area contributed by atoms with Gasteiger partial charge >= 0.3 is 0 Å². The minimum atomic E-state index is 0.668. The molecule has 186 valence electrons. The molecule has 0 fully saturated rings. The van der Waals surface area contributed by atoms with E-state index in [9.17, 15) is 0 Å². The molecule has 3 nitrogen and oxygen atoms in total. The molecule has 1 heterocycles. The van der Waals surface area contributed by atoms with Gasteiger partial charge in [0.25, 0.3) is 0 Å². The summed E-state index contributed by atoms with van der Waals surface area (Å²) >= 11 is 0. The lowest BCUT2D eigenvalue weighted by Gasteiger charge is -2.13. The summed E-state index contributed by atoms with van der Waals surface area (Å²) < 4.78 is 0. The number of fused-ring (bicyclic) bond motifs is 3. The maximum absolute atomic E-state index is 5.07. The predicted molar refractivity (Wildman–Crippen MR) is 164 cm³/mol. The third-order valence-electron chi connectivity index (χ3n) is 7.67. The van der Waals surface area contributed by atoms with Crippen molar-refractivity contribution in [3.63, 3.8) is 0 Å². The summed E-state index contributed by atoms with van der Waals surface area (Å²) in [5.74, 6) is 2.01. The van der Waals surface area contributed by atoms with E-state index in [1.807, 2.05) is 60.7 Å². The number of rotatable bonds is 4. The quantitative estimate of drug-likeness (QED) is 0.237. The minimum Gasteiger partial charge on any atom is -0.208 e. The summed E-state index contributed by atoms with van der Waals surface area (Å²) in [4.78, 5) is 15.0. The smallest absolute Gasteiger partial charge is 0.164 e. The highest BCUT2D eigenvalue weighted by atomic mass is 15.0. The van der Waals surface area contributed by atoms with E-state index < -0.39 is 0 Å². The van der Waals surface area contributed by atoms with E-state index >= 15 is 0 Å². The van der Waals surface area contributed by atoms with Crippen molar-refractivity contribution in [1.29, 1.82) is 0 Å². The number of nitrogens with zero attached hydrogens (tertiary/aromatic N) is 3. The zero-order valence-corrected chi connectivity index (χ0v) is 21.6. The lowest BCUT2D eigenvalue weighted by atomic mass is 9.93. The molecular formula is C37H23N3. The number of benzene rings is 6. The van der Waals surface area contributed by atoms with Crippen LogP contribution in [0.3, 0.4) is 0 Å². The van der Waals surface area contributed by atoms with Crippen molar-refractivity contribution in [2.45, 2.75) is 0 Å². The van der Waals surface area contributed by atoms with Crippen LogP contribution in [-0.2, 0) is 0 Å². The van der Waals surface area contributed by atoms with E-state index in [4.69, 9.17) is 15.0 Å². The number of aromatic nitrogens is 3. The van der Waals surface area contributed by atoms with Gasteiger partial charge in [0.05, 0.1) is 0 Å². The Morgan fingerprint density at radius 1 is 0.300 bits per heavy atom. The Labute approximate surface area is 232 Å². The van der Waals surface area contributed by atoms with Gasteiger partial charge in [-0.3, -0.25) is 0 Å². The Morgan fingerprint density at radius 2 is 0.825 bits per heavy atom. The first kappa shape index (κ1) is 22.6. The molecule has 0 amide bonds. The number of hydrogen-bond donors (Lipinski definition) is 0. The second-order valence-corrected chi connectivity index (χ2v) is 10.0. The van der Waals surface area contributed by atoms with Crippen LogP contribution in [-0.4, -0.2) is 15.0 Å². The van der Waals surface area contributed by atoms with E-state index in [0.717, 1.165) is 16.7 Å². The molecule has 0 saturated carbocycles. The molecule has 0 bridgehead atoms. The van der Waals surface area contributed by atoms with Crippen molar-refractivity contribution in [3.05, 3.63) is 140 Å². The summed E-state index contributed by atoms with van der Waals surface area (Å²) in [6.07, 6.45) is 0. The molecule has 0 saturated heterocycles. The zero-order valence-electron chi connectivity index (χ0n) is 21.6. The van der Waals surface area contributed by atoms with E-state index in [1.165, 1.54) is 44.2 Å². The highest BCUT2D eigenvalue weighted by molar-refractivity contribution is 6.21. The summed E-state index contributed by atoms with van der Waals surface area (Å²) in [6, 6.07) is 48.5. The van der Waals surface area contributed by atoms with Crippen LogP contribution in [0.1, 0.15) is 0 Å². The Hall–Kier alpha value is -5.41. The van der Waals surface area contributed by atoms with E-state index in [0.29, 0.717) is 17.5 Å². The molecule has 0 radical (unpaired) electrons. The van der Waals surface area contributed by atoms with Gasteiger partial charge in [-0.15, -0.1) is 0 Å². The van der Waals surface area contributed by atoms with Gasteiger partial charge in [0.1, 0.15) is 0 Å². The van der Waals surface area contributed by atoms with Crippen LogP contribution in [0.2, 0.25) is 0 Å². The summed E-state index contributed by atoms with van der Waals surface area (Å²) in [7, 11) is 0. The Morgan fingerprint density at radius 3 is 1.48 bits per heavy atom. The minimum absolute atomic E-state index is 0.668. The van der Waals surface area contributed by atoms with Crippen LogP contribution >= 0.6 is 0 Å². The fourth-order valence-electron chi connectivity index (χ4n) is 5.89. The van der Waals surface area contributed by atoms with Gasteiger partial charge in [-0.1, -0.05) is 133 Å². The van der Waals surface area contributed by atoms with E-state index in [1.54, 1.807) is 0 Å². The Balaban J connectivity index is 1.42. The van der Waals surface area contributed by atoms with Gasteiger partial charge in [0, 0.05) is 22.3 Å². The molecule has 1 aliphatic carbocycles. The highest BCUT2D eigenvalue weighted by Gasteiger charge is 2.28. The second-order valence-electron chi connectivity index (χ2n) is 10.0. The molecule has 1 aliphatic rings. The zero-order chi connectivity index (χ0) is 26.5. The summed E-state index contributed by atoms with van der Waals surface area (Å²) in [6.45, 7) is 0. The monoisotopic (exact) mass is 509 g/mol. The molecule has 0 spiro atoms. The second kappa shape index (κ2) is 9.11. The average Bonchev–Trinajstić information content (AvgIpc) is 3.38. The van der Waals surface area contributed by atoms with Crippen molar-refractivity contribution >= 4 is 10.8 Å². The molecule has 0 unspecified atom stereocenters. The van der Waals surface area contributed by atoms with Crippen LogP contribution in [0.5, 0.6) is 0 Å². The van der Waals surface area contributed by atoms with E-state index in [-0.39, 0.29) is 0 Å². The lowest BCUT2D eigenvalue weighted by Crippen LogP contribution is -2.01. The fourth-order valence-corrected chi connectivity index (χ4v) is 5.89. The first-order chi connectivity index (χ1) is 19.8. The molecule has 0 N–H and O–H groups in total. The van der Waals surface area contributed by atoms with Crippen molar-refractivity contribution in [2.24, 2.45) is 0 Å². The Bertz CT molecular complexity index is 1970. The van der Waals surface area contributed by atoms with Gasteiger partial charge in [-0.05, 0) is 44.7 Å². The fraction of sp³-hybridized carbons (Fsp3) is 0. The molecule has 6 aromatic carbocycles. The molecule has 7 aromatic rings.